The van der Waals surface area contributed by atoms with Gasteiger partial charge < -0.3 is 15.4 Å². The van der Waals surface area contributed by atoms with E-state index < -0.39 is 23.5 Å². The summed E-state index contributed by atoms with van der Waals surface area (Å²) in [5.74, 6) is -2.41. The van der Waals surface area contributed by atoms with Crippen LogP contribution in [0, 0.1) is 19.7 Å². The SMILES string of the molecule is Cc1cccc(C)c1NC(=O)C(=O)N/N=C\c1ccc(OCC(=O)Nc2ccc(Br)cc2F)cc1. The lowest BCUT2D eigenvalue weighted by atomic mass is 10.1. The molecule has 10 heteroatoms. The number of hydrogen-bond donors (Lipinski definition) is 3. The summed E-state index contributed by atoms with van der Waals surface area (Å²) in [6, 6.07) is 16.3. The standard InChI is InChI=1S/C25H22BrFN4O4/c1-15-4-3-5-16(2)23(15)30-24(33)25(34)31-28-13-17-6-9-19(10-7-17)35-14-22(32)29-21-11-8-18(26)12-20(21)27/h3-13H,14H2,1-2H3,(H,29,32)(H,30,33)(H,31,34)/b28-13-. The first-order chi connectivity index (χ1) is 16.7. The third-order valence-corrected chi connectivity index (χ3v) is 5.25. The van der Waals surface area contributed by atoms with Gasteiger partial charge in [0, 0.05) is 10.2 Å². The average Bonchev–Trinajstić information content (AvgIpc) is 2.82. The van der Waals surface area contributed by atoms with E-state index in [1.54, 1.807) is 30.3 Å². The van der Waals surface area contributed by atoms with E-state index in [2.05, 4.69) is 37.1 Å². The van der Waals surface area contributed by atoms with Crippen LogP contribution in [0.3, 0.4) is 0 Å². The molecule has 0 spiro atoms. The molecule has 3 amide bonds. The number of nitrogens with one attached hydrogen (secondary N) is 3. The molecule has 3 N–H and O–H groups in total. The molecule has 0 saturated carbocycles. The fourth-order valence-electron chi connectivity index (χ4n) is 2.97. The van der Waals surface area contributed by atoms with Crippen molar-refractivity contribution in [2.24, 2.45) is 5.10 Å². The zero-order chi connectivity index (χ0) is 25.4. The molecule has 0 saturated heterocycles. The van der Waals surface area contributed by atoms with Gasteiger partial charge in [-0.15, -0.1) is 0 Å². The predicted molar refractivity (Wildman–Crippen MR) is 135 cm³/mol. The van der Waals surface area contributed by atoms with Gasteiger partial charge in [0.05, 0.1) is 11.9 Å². The Morgan fingerprint density at radius 1 is 0.971 bits per heavy atom. The van der Waals surface area contributed by atoms with Crippen molar-refractivity contribution in [2.45, 2.75) is 13.8 Å². The third kappa shape index (κ3) is 7.47. The molecule has 0 aromatic heterocycles. The molecule has 0 heterocycles. The number of para-hydroxylation sites is 1. The number of ether oxygens (including phenoxy) is 1. The quantitative estimate of drug-likeness (QED) is 0.235. The lowest BCUT2D eigenvalue weighted by Gasteiger charge is -2.10. The summed E-state index contributed by atoms with van der Waals surface area (Å²) in [5.41, 5.74) is 5.12. The van der Waals surface area contributed by atoms with E-state index >= 15 is 0 Å². The Morgan fingerprint density at radius 3 is 2.31 bits per heavy atom. The van der Waals surface area contributed by atoms with E-state index in [1.807, 2.05) is 32.0 Å². The minimum Gasteiger partial charge on any atom is -0.484 e. The van der Waals surface area contributed by atoms with Crippen LogP contribution in [0.5, 0.6) is 5.75 Å². The number of rotatable bonds is 7. The first-order valence-electron chi connectivity index (χ1n) is 10.4. The molecule has 0 atom stereocenters. The van der Waals surface area contributed by atoms with Crippen LogP contribution in [0.25, 0.3) is 0 Å². The van der Waals surface area contributed by atoms with E-state index in [-0.39, 0.29) is 12.3 Å². The molecule has 3 aromatic rings. The molecule has 0 radical (unpaired) electrons. The Labute approximate surface area is 209 Å². The fraction of sp³-hybridized carbons (Fsp3) is 0.120. The van der Waals surface area contributed by atoms with Gasteiger partial charge in [0.1, 0.15) is 11.6 Å². The smallest absolute Gasteiger partial charge is 0.329 e. The lowest BCUT2D eigenvalue weighted by Crippen LogP contribution is -2.32. The number of hydrazone groups is 1. The van der Waals surface area contributed by atoms with Crippen molar-refractivity contribution in [3.05, 3.63) is 87.6 Å². The number of aryl methyl sites for hydroxylation is 2. The lowest BCUT2D eigenvalue weighted by molar-refractivity contribution is -0.136. The second-order valence-corrected chi connectivity index (χ2v) is 8.37. The summed E-state index contributed by atoms with van der Waals surface area (Å²) in [6.07, 6.45) is 1.36. The van der Waals surface area contributed by atoms with E-state index in [1.165, 1.54) is 18.3 Å². The van der Waals surface area contributed by atoms with Crippen LogP contribution < -0.4 is 20.8 Å². The second kappa shape index (κ2) is 11.9. The number of carbonyl (C=O) groups excluding carboxylic acids is 3. The maximum atomic E-state index is 13.8. The van der Waals surface area contributed by atoms with Gasteiger partial charge in [0.25, 0.3) is 5.91 Å². The van der Waals surface area contributed by atoms with Gasteiger partial charge in [-0.1, -0.05) is 34.1 Å². The molecular weight excluding hydrogens is 519 g/mol. The molecule has 0 aliphatic rings. The average molecular weight is 541 g/mol. The van der Waals surface area contributed by atoms with Crippen molar-refractivity contribution in [3.8, 4) is 5.75 Å². The molecule has 0 aliphatic carbocycles. The molecule has 8 nitrogen and oxygen atoms in total. The summed E-state index contributed by atoms with van der Waals surface area (Å²) >= 11 is 3.15. The van der Waals surface area contributed by atoms with E-state index in [0.29, 0.717) is 21.5 Å². The molecule has 180 valence electrons. The number of hydrogen-bond acceptors (Lipinski definition) is 5. The number of anilines is 2. The van der Waals surface area contributed by atoms with Crippen molar-refractivity contribution in [1.29, 1.82) is 0 Å². The van der Waals surface area contributed by atoms with Crippen LogP contribution in [-0.4, -0.2) is 30.5 Å². The van der Waals surface area contributed by atoms with Crippen LogP contribution in [0.1, 0.15) is 16.7 Å². The number of carbonyl (C=O) groups is 3. The highest BCUT2D eigenvalue weighted by molar-refractivity contribution is 9.10. The molecule has 3 rings (SSSR count). The molecule has 0 aliphatic heterocycles. The summed E-state index contributed by atoms with van der Waals surface area (Å²) < 4.78 is 19.8. The van der Waals surface area contributed by atoms with Gasteiger partial charge >= 0.3 is 11.8 Å². The maximum Gasteiger partial charge on any atom is 0.329 e. The van der Waals surface area contributed by atoms with Gasteiger partial charge in [0.2, 0.25) is 0 Å². The highest BCUT2D eigenvalue weighted by Crippen LogP contribution is 2.20. The monoisotopic (exact) mass is 540 g/mol. The predicted octanol–water partition coefficient (Wildman–Crippen LogP) is 4.31. The first-order valence-corrected chi connectivity index (χ1v) is 11.2. The summed E-state index contributed by atoms with van der Waals surface area (Å²) in [6.45, 7) is 3.36. The summed E-state index contributed by atoms with van der Waals surface area (Å²) in [5, 5.41) is 8.80. The van der Waals surface area contributed by atoms with E-state index in [0.717, 1.165) is 11.1 Å². The molecule has 35 heavy (non-hydrogen) atoms. The topological polar surface area (TPSA) is 109 Å². The maximum absolute atomic E-state index is 13.8. The number of benzene rings is 3. The highest BCUT2D eigenvalue weighted by Gasteiger charge is 2.15. The number of amides is 3. The Bertz CT molecular complexity index is 1260. The third-order valence-electron chi connectivity index (χ3n) is 4.76. The Morgan fingerprint density at radius 2 is 1.66 bits per heavy atom. The second-order valence-electron chi connectivity index (χ2n) is 7.45. The van der Waals surface area contributed by atoms with Crippen LogP contribution in [0.4, 0.5) is 15.8 Å². The van der Waals surface area contributed by atoms with Crippen molar-refractivity contribution in [1.82, 2.24) is 5.43 Å². The number of halogens is 2. The fourth-order valence-corrected chi connectivity index (χ4v) is 3.31. The van der Waals surface area contributed by atoms with Gasteiger partial charge in [-0.2, -0.15) is 5.10 Å². The normalized spacial score (nSPS) is 10.6. The van der Waals surface area contributed by atoms with Crippen molar-refractivity contribution in [3.63, 3.8) is 0 Å². The van der Waals surface area contributed by atoms with Gasteiger partial charge in [-0.25, -0.2) is 9.82 Å². The van der Waals surface area contributed by atoms with Crippen LogP contribution >= 0.6 is 15.9 Å². The van der Waals surface area contributed by atoms with Gasteiger partial charge in [-0.3, -0.25) is 14.4 Å². The molecule has 0 bridgehead atoms. The van der Waals surface area contributed by atoms with E-state index in [9.17, 15) is 18.8 Å². The van der Waals surface area contributed by atoms with Gasteiger partial charge in [-0.05, 0) is 73.0 Å². The summed E-state index contributed by atoms with van der Waals surface area (Å²) in [4.78, 5) is 36.1. The van der Waals surface area contributed by atoms with Crippen LogP contribution in [-0.2, 0) is 14.4 Å². The molecular formula is C25H22BrFN4O4. The van der Waals surface area contributed by atoms with Crippen molar-refractivity contribution in [2.75, 3.05) is 17.2 Å². The van der Waals surface area contributed by atoms with Crippen LogP contribution in [0.2, 0.25) is 0 Å². The Balaban J connectivity index is 1.46. The minimum atomic E-state index is -0.905. The van der Waals surface area contributed by atoms with E-state index in [4.69, 9.17) is 4.74 Å². The first kappa shape index (κ1) is 25.6. The zero-order valence-electron chi connectivity index (χ0n) is 18.9. The van der Waals surface area contributed by atoms with Crippen molar-refractivity contribution >= 4 is 51.2 Å². The van der Waals surface area contributed by atoms with Crippen molar-refractivity contribution < 1.29 is 23.5 Å². The molecule has 0 fully saturated rings. The summed E-state index contributed by atoms with van der Waals surface area (Å²) in [7, 11) is 0. The Hall–Kier alpha value is -4.05. The van der Waals surface area contributed by atoms with Crippen LogP contribution in [0.15, 0.2) is 70.2 Å². The molecule has 0 unspecified atom stereocenters. The van der Waals surface area contributed by atoms with Gasteiger partial charge in [0.15, 0.2) is 6.61 Å². The molecule has 3 aromatic carbocycles. The largest absolute Gasteiger partial charge is 0.484 e. The zero-order valence-corrected chi connectivity index (χ0v) is 20.5. The highest BCUT2D eigenvalue weighted by atomic mass is 79.9. The Kier molecular flexibility index (Phi) is 8.69. The minimum absolute atomic E-state index is 0.0538. The number of nitrogens with zero attached hydrogens (tertiary/aromatic N) is 1.